The minimum absolute atomic E-state index is 0.0652. The van der Waals surface area contributed by atoms with Crippen molar-refractivity contribution in [2.45, 2.75) is 30.5 Å². The highest BCUT2D eigenvalue weighted by Crippen LogP contribution is 2.32. The quantitative estimate of drug-likeness (QED) is 0.0795. The second-order valence-corrected chi connectivity index (χ2v) is 9.32. The monoisotopic (exact) mass is 494 g/mol. The lowest BCUT2D eigenvalue weighted by Crippen LogP contribution is -2.62. The predicted octanol–water partition coefficient (Wildman–Crippen LogP) is -1.34. The molecule has 0 fully saturated rings. The standard InChI is InChI=1S/C8H10N2O5S.C8H12N2O5S/c1-4(11)10-5-2-6(9)8(12)7(3-5)16(13,14)15;1-5(11)10-8(9)4-6(16(13,14)15)2-3-7(8)12/h2-3,12H,9H2,1H3,(H,10,11)(H,13,14,15);2-4,7,12H,9H2,1H3,(H,10,11)(H,13,14,15). The van der Waals surface area contributed by atoms with Crippen molar-refractivity contribution in [3.8, 4) is 5.75 Å². The molecule has 0 saturated carbocycles. The van der Waals surface area contributed by atoms with Gasteiger partial charge in [-0.25, -0.2) is 0 Å². The number of hydrogen-bond donors (Lipinski definition) is 8. The zero-order valence-electron chi connectivity index (χ0n) is 16.7. The van der Waals surface area contributed by atoms with E-state index in [-0.39, 0.29) is 11.4 Å². The Balaban J connectivity index is 0.000000320. The van der Waals surface area contributed by atoms with E-state index in [0.717, 1.165) is 24.3 Å². The fourth-order valence-electron chi connectivity index (χ4n) is 2.39. The topological polar surface area (TPSA) is 259 Å². The molecule has 2 unspecified atom stereocenters. The molecule has 1 aliphatic carbocycles. The molecule has 1 aromatic rings. The lowest BCUT2D eigenvalue weighted by Gasteiger charge is -2.32. The molecule has 0 heterocycles. The lowest BCUT2D eigenvalue weighted by molar-refractivity contribution is -0.121. The Morgan fingerprint density at radius 1 is 1.06 bits per heavy atom. The highest BCUT2D eigenvalue weighted by atomic mass is 32.2. The van der Waals surface area contributed by atoms with E-state index in [9.17, 15) is 36.6 Å². The second kappa shape index (κ2) is 9.63. The van der Waals surface area contributed by atoms with Gasteiger partial charge < -0.3 is 32.3 Å². The number of aliphatic hydroxyl groups is 1. The summed E-state index contributed by atoms with van der Waals surface area (Å²) in [6.07, 6.45) is 1.68. The molecule has 0 aromatic heterocycles. The van der Waals surface area contributed by atoms with Gasteiger partial charge in [0.05, 0.1) is 10.6 Å². The van der Waals surface area contributed by atoms with E-state index in [2.05, 4.69) is 10.6 Å². The summed E-state index contributed by atoms with van der Waals surface area (Å²) >= 11 is 0. The number of carbonyl (C=O) groups excluding carboxylic acids is 2. The van der Waals surface area contributed by atoms with Crippen LogP contribution in [0.3, 0.4) is 0 Å². The largest absolute Gasteiger partial charge is 0.504 e. The summed E-state index contributed by atoms with van der Waals surface area (Å²) in [5.74, 6) is -1.73. The maximum atomic E-state index is 10.9. The van der Waals surface area contributed by atoms with Gasteiger partial charge in [0.15, 0.2) is 5.75 Å². The van der Waals surface area contributed by atoms with Crippen molar-refractivity contribution in [1.82, 2.24) is 5.32 Å². The molecule has 10 N–H and O–H groups in total. The molecule has 0 aliphatic heterocycles. The molecule has 2 atom stereocenters. The van der Waals surface area contributed by atoms with Crippen LogP contribution in [0.15, 0.2) is 40.2 Å². The summed E-state index contributed by atoms with van der Waals surface area (Å²) in [6, 6.07) is 2.08. The Labute approximate surface area is 183 Å². The lowest BCUT2D eigenvalue weighted by atomic mass is 9.98. The average Bonchev–Trinajstić information content (AvgIpc) is 2.58. The number of amides is 2. The molecule has 2 amide bonds. The number of aliphatic hydroxyl groups excluding tert-OH is 1. The van der Waals surface area contributed by atoms with E-state index in [0.29, 0.717) is 0 Å². The third-order valence-corrected chi connectivity index (χ3v) is 5.42. The van der Waals surface area contributed by atoms with Gasteiger partial charge >= 0.3 is 0 Å². The van der Waals surface area contributed by atoms with E-state index in [1.807, 2.05) is 0 Å². The molecule has 32 heavy (non-hydrogen) atoms. The highest BCUT2D eigenvalue weighted by molar-refractivity contribution is 7.90. The molecule has 0 bridgehead atoms. The number of hydrogen-bond acceptors (Lipinski definition) is 10. The minimum atomic E-state index is -4.60. The molecule has 0 saturated heterocycles. The summed E-state index contributed by atoms with van der Waals surface area (Å²) in [7, 11) is -9.02. The average molecular weight is 495 g/mol. The van der Waals surface area contributed by atoms with Crippen molar-refractivity contribution < 1.29 is 45.7 Å². The number of allylic oxidation sites excluding steroid dienone is 1. The van der Waals surface area contributed by atoms with Gasteiger partial charge in [-0.3, -0.25) is 18.7 Å². The molecule has 0 radical (unpaired) electrons. The van der Waals surface area contributed by atoms with Gasteiger partial charge in [-0.2, -0.15) is 16.8 Å². The number of nitrogen functional groups attached to an aromatic ring is 1. The number of aromatic hydroxyl groups is 1. The van der Waals surface area contributed by atoms with Gasteiger partial charge in [-0.05, 0) is 24.3 Å². The van der Waals surface area contributed by atoms with Crippen LogP contribution in [0.4, 0.5) is 11.4 Å². The third kappa shape index (κ3) is 7.29. The Kier molecular flexibility index (Phi) is 8.13. The molecule has 14 nitrogen and oxygen atoms in total. The number of nitrogens with one attached hydrogen (secondary N) is 2. The minimum Gasteiger partial charge on any atom is -0.504 e. The van der Waals surface area contributed by atoms with Crippen molar-refractivity contribution in [2.75, 3.05) is 11.1 Å². The first-order valence-electron chi connectivity index (χ1n) is 8.38. The number of rotatable bonds is 4. The third-order valence-electron chi connectivity index (χ3n) is 3.71. The second-order valence-electron chi connectivity index (χ2n) is 6.51. The first-order chi connectivity index (χ1) is 14.4. The Bertz CT molecular complexity index is 1190. The number of anilines is 2. The van der Waals surface area contributed by atoms with Crippen LogP contribution in [-0.2, 0) is 29.8 Å². The fourth-order valence-corrected chi connectivity index (χ4v) is 3.62. The molecule has 178 valence electrons. The molecule has 1 aromatic carbocycles. The van der Waals surface area contributed by atoms with E-state index in [1.54, 1.807) is 0 Å². The Morgan fingerprint density at radius 2 is 1.62 bits per heavy atom. The van der Waals surface area contributed by atoms with Gasteiger partial charge in [0.25, 0.3) is 20.2 Å². The van der Waals surface area contributed by atoms with Gasteiger partial charge in [-0.1, -0.05) is 6.08 Å². The molecule has 0 spiro atoms. The van der Waals surface area contributed by atoms with Crippen molar-refractivity contribution >= 4 is 43.4 Å². The van der Waals surface area contributed by atoms with Crippen LogP contribution in [0.5, 0.6) is 5.75 Å². The van der Waals surface area contributed by atoms with Crippen LogP contribution in [0.2, 0.25) is 0 Å². The zero-order valence-corrected chi connectivity index (χ0v) is 18.3. The van der Waals surface area contributed by atoms with Crippen molar-refractivity contribution in [1.29, 1.82) is 0 Å². The van der Waals surface area contributed by atoms with Crippen molar-refractivity contribution in [2.24, 2.45) is 5.73 Å². The fraction of sp³-hybridized carbons (Fsp3) is 0.250. The number of carbonyl (C=O) groups is 2. The number of nitrogens with two attached hydrogens (primary N) is 2. The Hall–Kier alpha value is -3.02. The SMILES string of the molecule is CC(=O)NC1(N)C=C(S(=O)(=O)O)C=CC1O.CC(=O)Nc1cc(N)c(O)c(S(=O)(=O)O)c1. The van der Waals surface area contributed by atoms with Crippen LogP contribution in [0, 0.1) is 0 Å². The smallest absolute Gasteiger partial charge is 0.298 e. The van der Waals surface area contributed by atoms with Crippen molar-refractivity contribution in [3.63, 3.8) is 0 Å². The van der Waals surface area contributed by atoms with E-state index < -0.39 is 59.4 Å². The normalized spacial score (nSPS) is 20.4. The van der Waals surface area contributed by atoms with Crippen LogP contribution in [0.25, 0.3) is 0 Å². The summed E-state index contributed by atoms with van der Waals surface area (Å²) < 4.78 is 61.0. The highest BCUT2D eigenvalue weighted by Gasteiger charge is 2.35. The first-order valence-corrected chi connectivity index (χ1v) is 11.3. The van der Waals surface area contributed by atoms with Crippen LogP contribution in [0.1, 0.15) is 13.8 Å². The van der Waals surface area contributed by atoms with E-state index in [4.69, 9.17) is 20.6 Å². The first kappa shape index (κ1) is 27.0. The van der Waals surface area contributed by atoms with Gasteiger partial charge in [-0.15, -0.1) is 0 Å². The molecule has 1 aliphatic rings. The maximum Gasteiger partial charge on any atom is 0.298 e. The van der Waals surface area contributed by atoms with Gasteiger partial charge in [0, 0.05) is 19.5 Å². The number of phenols is 1. The number of phenolic OH excluding ortho intramolecular Hbond substituents is 1. The van der Waals surface area contributed by atoms with Crippen molar-refractivity contribution in [3.05, 3.63) is 35.3 Å². The van der Waals surface area contributed by atoms with Gasteiger partial charge in [0.2, 0.25) is 11.8 Å². The van der Waals surface area contributed by atoms with Crippen LogP contribution >= 0.6 is 0 Å². The van der Waals surface area contributed by atoms with E-state index >= 15 is 0 Å². The van der Waals surface area contributed by atoms with Crippen LogP contribution in [-0.4, -0.2) is 59.7 Å². The van der Waals surface area contributed by atoms with E-state index in [1.165, 1.54) is 19.9 Å². The summed E-state index contributed by atoms with van der Waals surface area (Å²) in [5.41, 5.74) is 8.98. The summed E-state index contributed by atoms with van der Waals surface area (Å²) in [4.78, 5) is 20.4. The molecule has 2 rings (SSSR count). The summed E-state index contributed by atoms with van der Waals surface area (Å²) in [5, 5.41) is 23.3. The number of benzene rings is 1. The molecular formula is C16H22N4O10S2. The Morgan fingerprint density at radius 3 is 2.06 bits per heavy atom. The zero-order chi connectivity index (χ0) is 25.1. The molecular weight excluding hydrogens is 472 g/mol. The summed E-state index contributed by atoms with van der Waals surface area (Å²) in [6.45, 7) is 2.39. The van der Waals surface area contributed by atoms with Crippen LogP contribution < -0.4 is 22.1 Å². The molecule has 16 heteroatoms. The van der Waals surface area contributed by atoms with Gasteiger partial charge in [0.1, 0.15) is 16.7 Å². The predicted molar refractivity (Wildman–Crippen MR) is 112 cm³/mol. The maximum absolute atomic E-state index is 10.9.